The van der Waals surface area contributed by atoms with Gasteiger partial charge in [0.05, 0.1) is 34.4 Å². The molecule has 2 atom stereocenters. The molecule has 0 aliphatic carbocycles. The summed E-state index contributed by atoms with van der Waals surface area (Å²) in [5, 5.41) is 9.79. The van der Waals surface area contributed by atoms with Gasteiger partial charge in [-0.2, -0.15) is 0 Å². The van der Waals surface area contributed by atoms with E-state index < -0.39 is 24.3 Å². The van der Waals surface area contributed by atoms with Crippen molar-refractivity contribution in [1.82, 2.24) is 0 Å². The molecule has 0 bridgehead atoms. The standard InChI is InChI=1S/C94H157NO8/c1-6-8-10-12-14-16-18-20-22-24-26-28-30-32-34-36-38-40-42-44-45-46-47-49-51-53-55-57-59-61-63-65-67-69-71-73-75-77-79-81-83-85-92(97)103-90(89-102-94(93(98)99)100-87-86-95(3,4)5)88-101-91(96)84-82-80-78-76-74-72-70-68-66-64-62-60-58-56-54-52-50-48-43-41-39-37-35-33-31-29-27-25-23-21-19-17-15-13-11-9-7-2/h8-11,14-17,20-23,26-29,32-35,38-41,44-45,48,50,90,94H,6-7,12-13,18-19,24-25,30-31,36-37,42-43,46-47,49,51-89H2,1-5H3/p+1/b10-8-,11-9-,16-14-,17-15-,22-20-,23-21-,28-26-,29-27-,34-32-,35-33-,40-38-,41-39-,45-44-,50-48-. The molecule has 0 amide bonds. The van der Waals surface area contributed by atoms with Gasteiger partial charge in [-0.3, -0.25) is 9.59 Å². The molecule has 0 saturated carbocycles. The molecule has 0 aliphatic rings. The number of esters is 2. The second-order valence-electron chi connectivity index (χ2n) is 29.0. The van der Waals surface area contributed by atoms with Gasteiger partial charge in [-0.1, -0.05) is 377 Å². The van der Waals surface area contributed by atoms with E-state index in [1.165, 1.54) is 193 Å². The topological polar surface area (TPSA) is 108 Å². The first-order chi connectivity index (χ1) is 50.6. The first kappa shape index (κ1) is 97.7. The largest absolute Gasteiger partial charge is 0.477 e. The minimum Gasteiger partial charge on any atom is -0.477 e. The fraction of sp³-hybridized carbons (Fsp3) is 0.670. The van der Waals surface area contributed by atoms with Gasteiger partial charge in [-0.05, 0) is 128 Å². The maximum Gasteiger partial charge on any atom is 0.361 e. The van der Waals surface area contributed by atoms with Crippen molar-refractivity contribution in [2.75, 3.05) is 47.5 Å². The number of hydrogen-bond donors (Lipinski definition) is 1. The Balaban J connectivity index is 4.02. The van der Waals surface area contributed by atoms with E-state index in [0.29, 0.717) is 17.4 Å². The molecule has 586 valence electrons. The molecule has 0 aromatic carbocycles. The Labute approximate surface area is 635 Å². The molecule has 2 unspecified atom stereocenters. The van der Waals surface area contributed by atoms with Gasteiger partial charge in [0.2, 0.25) is 0 Å². The van der Waals surface area contributed by atoms with Crippen LogP contribution < -0.4 is 0 Å². The second-order valence-corrected chi connectivity index (χ2v) is 29.0. The van der Waals surface area contributed by atoms with Crippen LogP contribution in [0.2, 0.25) is 0 Å². The van der Waals surface area contributed by atoms with Crippen LogP contribution in [-0.2, 0) is 33.3 Å². The van der Waals surface area contributed by atoms with Crippen LogP contribution in [0.3, 0.4) is 0 Å². The number of hydrogen-bond acceptors (Lipinski definition) is 7. The fourth-order valence-electron chi connectivity index (χ4n) is 11.6. The van der Waals surface area contributed by atoms with Crippen LogP contribution in [0.4, 0.5) is 0 Å². The van der Waals surface area contributed by atoms with Gasteiger partial charge in [-0.25, -0.2) is 4.79 Å². The molecule has 0 aromatic rings. The molecule has 9 nitrogen and oxygen atoms in total. The Hall–Kier alpha value is -5.35. The third-order valence-electron chi connectivity index (χ3n) is 18.0. The van der Waals surface area contributed by atoms with Gasteiger partial charge >= 0.3 is 17.9 Å². The molecule has 0 radical (unpaired) electrons. The van der Waals surface area contributed by atoms with Crippen LogP contribution in [-0.4, -0.2) is 87.4 Å². The van der Waals surface area contributed by atoms with Crippen molar-refractivity contribution in [2.45, 2.75) is 360 Å². The van der Waals surface area contributed by atoms with Crippen molar-refractivity contribution < 1.29 is 42.9 Å². The minimum atomic E-state index is -1.52. The number of carbonyl (C=O) groups excluding carboxylic acids is 2. The lowest BCUT2D eigenvalue weighted by Crippen LogP contribution is -2.40. The van der Waals surface area contributed by atoms with Gasteiger partial charge < -0.3 is 28.5 Å². The van der Waals surface area contributed by atoms with E-state index in [-0.39, 0.29) is 32.2 Å². The minimum absolute atomic E-state index is 0.183. The van der Waals surface area contributed by atoms with Gasteiger partial charge in [0.15, 0.2) is 6.10 Å². The van der Waals surface area contributed by atoms with E-state index in [0.717, 1.165) is 128 Å². The maximum absolute atomic E-state index is 13.0. The van der Waals surface area contributed by atoms with E-state index >= 15 is 0 Å². The number of nitrogens with zero attached hydrogens (tertiary/aromatic N) is 1. The highest BCUT2D eigenvalue weighted by Crippen LogP contribution is 2.18. The Bertz CT molecular complexity index is 2310. The summed E-state index contributed by atoms with van der Waals surface area (Å²) in [4.78, 5) is 37.8. The van der Waals surface area contributed by atoms with E-state index in [1.54, 1.807) is 0 Å². The predicted molar refractivity (Wildman–Crippen MR) is 446 cm³/mol. The number of carboxylic acid groups (broad SMARTS) is 1. The summed E-state index contributed by atoms with van der Waals surface area (Å²) >= 11 is 0. The van der Waals surface area contributed by atoms with Crippen LogP contribution >= 0.6 is 0 Å². The van der Waals surface area contributed by atoms with Crippen LogP contribution in [0.5, 0.6) is 0 Å². The Morgan fingerprint density at radius 3 is 0.777 bits per heavy atom. The molecule has 0 aromatic heterocycles. The lowest BCUT2D eigenvalue weighted by Gasteiger charge is -2.25. The zero-order valence-electron chi connectivity index (χ0n) is 67.2. The van der Waals surface area contributed by atoms with E-state index in [9.17, 15) is 19.5 Å². The number of quaternary nitrogens is 1. The lowest BCUT2D eigenvalue weighted by atomic mass is 10.0. The molecule has 0 heterocycles. The van der Waals surface area contributed by atoms with Crippen molar-refractivity contribution >= 4 is 17.9 Å². The van der Waals surface area contributed by atoms with E-state index in [2.05, 4.69) is 184 Å². The molecule has 0 rings (SSSR count). The van der Waals surface area contributed by atoms with E-state index in [4.69, 9.17) is 18.9 Å². The maximum atomic E-state index is 13.0. The molecule has 0 fully saturated rings. The summed E-state index contributed by atoms with van der Waals surface area (Å²) in [6, 6.07) is 0. The fourth-order valence-corrected chi connectivity index (χ4v) is 11.6. The van der Waals surface area contributed by atoms with Crippen LogP contribution in [0.15, 0.2) is 170 Å². The van der Waals surface area contributed by atoms with Crippen LogP contribution in [0.25, 0.3) is 0 Å². The zero-order valence-corrected chi connectivity index (χ0v) is 67.2. The van der Waals surface area contributed by atoms with Crippen molar-refractivity contribution in [3.8, 4) is 0 Å². The normalized spacial score (nSPS) is 13.5. The molecule has 1 N–H and O–H groups in total. The summed E-state index contributed by atoms with van der Waals surface area (Å²) in [7, 11) is 5.99. The number of rotatable bonds is 77. The van der Waals surface area contributed by atoms with Crippen molar-refractivity contribution in [2.24, 2.45) is 0 Å². The Kier molecular flexibility index (Phi) is 78.0. The van der Waals surface area contributed by atoms with Crippen LogP contribution in [0.1, 0.15) is 348 Å². The van der Waals surface area contributed by atoms with E-state index in [1.807, 2.05) is 21.1 Å². The molecule has 0 spiro atoms. The van der Waals surface area contributed by atoms with Crippen LogP contribution in [0, 0.1) is 0 Å². The van der Waals surface area contributed by atoms with Crippen molar-refractivity contribution in [1.29, 1.82) is 0 Å². The number of aliphatic carboxylic acids is 1. The Morgan fingerprint density at radius 1 is 0.291 bits per heavy atom. The first-order valence-corrected chi connectivity index (χ1v) is 42.3. The Morgan fingerprint density at radius 2 is 0.524 bits per heavy atom. The van der Waals surface area contributed by atoms with Gasteiger partial charge in [0.25, 0.3) is 6.29 Å². The summed E-state index contributed by atoms with van der Waals surface area (Å²) < 4.78 is 23.1. The quantitative estimate of drug-likeness (QED) is 0.0211. The third-order valence-corrected chi connectivity index (χ3v) is 18.0. The number of likely N-dealkylation sites (N-methyl/N-ethyl adjacent to an activating group) is 1. The first-order valence-electron chi connectivity index (χ1n) is 42.3. The van der Waals surface area contributed by atoms with Crippen molar-refractivity contribution in [3.63, 3.8) is 0 Å². The number of ether oxygens (including phenoxy) is 4. The smallest absolute Gasteiger partial charge is 0.361 e. The summed E-state index contributed by atoms with van der Waals surface area (Å²) in [5.41, 5.74) is 0. The number of carboxylic acids is 1. The molecule has 103 heavy (non-hydrogen) atoms. The summed E-state index contributed by atoms with van der Waals surface area (Å²) in [6.45, 7) is 4.67. The third kappa shape index (κ3) is 83.8. The van der Waals surface area contributed by atoms with Crippen molar-refractivity contribution in [3.05, 3.63) is 170 Å². The monoisotopic (exact) mass is 1430 g/mol. The SMILES string of the molecule is CC/C=C\C/C=C\C/C=C\C/C=C\C/C=C\C/C=C\C/C=C\CCCCCCCCCCCCCCCCCCCCCC(=O)OC(COC(=O)CCCCCCCCCCCCCCCCC/C=C\C/C=C\C/C=C\C/C=C\C/C=C\C/C=C\C/C=C\CC)COC(OCC[N+](C)(C)C)C(=O)O. The van der Waals surface area contributed by atoms with Gasteiger partial charge in [-0.15, -0.1) is 0 Å². The summed E-state index contributed by atoms with van der Waals surface area (Å²) in [6.07, 6.45) is 121. The molecule has 9 heteroatoms. The molecule has 0 saturated heterocycles. The highest BCUT2D eigenvalue weighted by molar-refractivity contribution is 5.71. The average Bonchev–Trinajstić information content (AvgIpc) is 1.01. The molecular formula is C94H158NO8+. The van der Waals surface area contributed by atoms with Gasteiger partial charge in [0, 0.05) is 12.8 Å². The summed E-state index contributed by atoms with van der Waals surface area (Å²) in [5.74, 6) is -2.00. The highest BCUT2D eigenvalue weighted by atomic mass is 16.7. The average molecular weight is 1430 g/mol. The molecule has 0 aliphatic heterocycles. The predicted octanol–water partition coefficient (Wildman–Crippen LogP) is 27.7. The second kappa shape index (κ2) is 82.3. The molecular weight excluding hydrogens is 1270 g/mol. The number of unbranched alkanes of at least 4 members (excludes halogenated alkanes) is 34. The lowest BCUT2D eigenvalue weighted by molar-refractivity contribution is -0.870. The highest BCUT2D eigenvalue weighted by Gasteiger charge is 2.25. The van der Waals surface area contributed by atoms with Gasteiger partial charge in [0.1, 0.15) is 13.2 Å². The number of carbonyl (C=O) groups is 3. The number of allylic oxidation sites excluding steroid dienone is 28. The zero-order chi connectivity index (χ0) is 74.6.